The third-order valence-electron chi connectivity index (χ3n) is 6.87. The highest BCUT2D eigenvalue weighted by molar-refractivity contribution is 5.52. The molecule has 0 amide bonds. The molecule has 1 aromatic carbocycles. The highest BCUT2D eigenvalue weighted by atomic mass is 16.6. The summed E-state index contributed by atoms with van der Waals surface area (Å²) in [6.07, 6.45) is 8.46. The van der Waals surface area contributed by atoms with E-state index in [0.717, 1.165) is 18.4 Å². The lowest BCUT2D eigenvalue weighted by molar-refractivity contribution is -0.384. The van der Waals surface area contributed by atoms with Crippen LogP contribution in [0.3, 0.4) is 0 Å². The smallest absolute Gasteiger partial charge is 0.270 e. The molecular weight excluding hydrogens is 372 g/mol. The number of hydrogen-bond acceptors (Lipinski definition) is 6. The van der Waals surface area contributed by atoms with E-state index in [9.17, 15) is 15.2 Å². The van der Waals surface area contributed by atoms with Gasteiger partial charge in [0.2, 0.25) is 0 Å². The first-order valence-corrected chi connectivity index (χ1v) is 10.3. The molecule has 0 aromatic heterocycles. The summed E-state index contributed by atoms with van der Waals surface area (Å²) in [5.74, 6) is 2.42. The van der Waals surface area contributed by atoms with Crippen LogP contribution in [0.2, 0.25) is 0 Å². The van der Waals surface area contributed by atoms with Crippen molar-refractivity contribution in [1.29, 1.82) is 0 Å². The van der Waals surface area contributed by atoms with Crippen LogP contribution in [0, 0.1) is 27.9 Å². The maximum absolute atomic E-state index is 11.4. The SMILES string of the molecule is C[C@](O)(/C=C1/Oc2ccc([N+](=O)[O-])cc2[C@H]1N1CCOCC1)[C@H]1C[C@H]2C=C[C@H]1C2. The van der Waals surface area contributed by atoms with Gasteiger partial charge in [-0.05, 0) is 49.7 Å². The van der Waals surface area contributed by atoms with E-state index in [1.807, 2.05) is 13.0 Å². The first-order valence-electron chi connectivity index (χ1n) is 10.3. The molecule has 1 N–H and O–H groups in total. The minimum atomic E-state index is -1.00. The number of morpholine rings is 1. The Balaban J connectivity index is 1.51. The fourth-order valence-electron chi connectivity index (χ4n) is 5.46. The lowest BCUT2D eigenvalue weighted by Crippen LogP contribution is -2.40. The Morgan fingerprint density at radius 2 is 2.07 bits per heavy atom. The van der Waals surface area contributed by atoms with Crippen LogP contribution >= 0.6 is 0 Å². The van der Waals surface area contributed by atoms with Gasteiger partial charge in [0.15, 0.2) is 0 Å². The van der Waals surface area contributed by atoms with Crippen molar-refractivity contribution in [2.24, 2.45) is 17.8 Å². The minimum absolute atomic E-state index is 0.0526. The van der Waals surface area contributed by atoms with Gasteiger partial charge in [-0.25, -0.2) is 0 Å². The van der Waals surface area contributed by atoms with Gasteiger partial charge in [0.05, 0.1) is 29.8 Å². The van der Waals surface area contributed by atoms with E-state index in [1.165, 1.54) is 6.07 Å². The van der Waals surface area contributed by atoms with E-state index >= 15 is 0 Å². The Hall–Kier alpha value is -2.22. The third kappa shape index (κ3) is 3.27. The predicted molar refractivity (Wildman–Crippen MR) is 106 cm³/mol. The second kappa shape index (κ2) is 6.93. The zero-order valence-electron chi connectivity index (χ0n) is 16.5. The summed E-state index contributed by atoms with van der Waals surface area (Å²) in [7, 11) is 0. The number of rotatable bonds is 4. The van der Waals surface area contributed by atoms with Crippen LogP contribution in [0.25, 0.3) is 0 Å². The highest BCUT2D eigenvalue weighted by Gasteiger charge is 2.46. The highest BCUT2D eigenvalue weighted by Crippen LogP contribution is 2.50. The quantitative estimate of drug-likeness (QED) is 0.476. The Morgan fingerprint density at radius 1 is 1.28 bits per heavy atom. The Kier molecular flexibility index (Phi) is 4.49. The largest absolute Gasteiger partial charge is 0.460 e. The molecule has 2 fully saturated rings. The number of ether oxygens (including phenoxy) is 2. The molecule has 5 rings (SSSR count). The van der Waals surface area contributed by atoms with Gasteiger partial charge in [-0.3, -0.25) is 15.0 Å². The average molecular weight is 398 g/mol. The van der Waals surface area contributed by atoms with Crippen molar-refractivity contribution in [2.75, 3.05) is 26.3 Å². The van der Waals surface area contributed by atoms with Crippen molar-refractivity contribution in [1.82, 2.24) is 4.90 Å². The standard InChI is InChI=1S/C22H26N2O5/c1-22(25,18-11-14-2-3-15(18)10-14)13-20-21(23-6-8-28-9-7-23)17-12-16(24(26)27)4-5-19(17)29-20/h2-5,12-15,18,21,25H,6-11H2,1H3/b20-13+/t14-,15-,18-,21+,22-/m0/s1. The van der Waals surface area contributed by atoms with Gasteiger partial charge >= 0.3 is 0 Å². The van der Waals surface area contributed by atoms with Crippen molar-refractivity contribution in [3.63, 3.8) is 0 Å². The maximum Gasteiger partial charge on any atom is 0.270 e. The molecule has 7 heteroatoms. The minimum Gasteiger partial charge on any atom is -0.460 e. The fourth-order valence-corrected chi connectivity index (χ4v) is 5.46. The van der Waals surface area contributed by atoms with Gasteiger partial charge in [-0.15, -0.1) is 0 Å². The van der Waals surface area contributed by atoms with Crippen LogP contribution in [-0.2, 0) is 4.74 Å². The summed E-state index contributed by atoms with van der Waals surface area (Å²) in [5, 5.41) is 22.7. The van der Waals surface area contributed by atoms with Crippen LogP contribution in [0.1, 0.15) is 31.4 Å². The molecule has 2 aliphatic heterocycles. The van der Waals surface area contributed by atoms with Crippen LogP contribution in [-0.4, -0.2) is 46.8 Å². The summed E-state index contributed by atoms with van der Waals surface area (Å²) >= 11 is 0. The molecule has 4 aliphatic rings. The summed E-state index contributed by atoms with van der Waals surface area (Å²) in [6.45, 7) is 4.52. The van der Waals surface area contributed by atoms with Crippen LogP contribution in [0.15, 0.2) is 42.2 Å². The third-order valence-corrected chi connectivity index (χ3v) is 6.87. The lowest BCUT2D eigenvalue weighted by atomic mass is 9.79. The number of nitrogens with zero attached hydrogens (tertiary/aromatic N) is 2. The summed E-state index contributed by atoms with van der Waals surface area (Å²) in [5.41, 5.74) is -0.161. The van der Waals surface area contributed by atoms with E-state index in [2.05, 4.69) is 17.1 Å². The van der Waals surface area contributed by atoms with Crippen molar-refractivity contribution < 1.29 is 19.5 Å². The summed E-state index contributed by atoms with van der Waals surface area (Å²) in [4.78, 5) is 13.2. The number of nitro benzene ring substituents is 1. The average Bonchev–Trinajstić information content (AvgIpc) is 3.41. The van der Waals surface area contributed by atoms with Gasteiger partial charge in [-0.1, -0.05) is 12.2 Å². The van der Waals surface area contributed by atoms with E-state index in [-0.39, 0.29) is 22.6 Å². The Bertz CT molecular complexity index is 887. The van der Waals surface area contributed by atoms with Gasteiger partial charge in [0, 0.05) is 30.8 Å². The number of non-ortho nitro benzene ring substituents is 1. The number of fused-ring (bicyclic) bond motifs is 3. The molecule has 1 aromatic rings. The number of allylic oxidation sites excluding steroid dienone is 2. The molecule has 1 saturated carbocycles. The molecule has 1 saturated heterocycles. The van der Waals surface area contributed by atoms with E-state index in [0.29, 0.717) is 49.6 Å². The molecule has 5 atom stereocenters. The zero-order chi connectivity index (χ0) is 20.2. The molecule has 7 nitrogen and oxygen atoms in total. The number of benzene rings is 1. The molecule has 29 heavy (non-hydrogen) atoms. The fraction of sp³-hybridized carbons (Fsp3) is 0.545. The normalized spacial score (nSPS) is 34.2. The van der Waals surface area contributed by atoms with E-state index in [4.69, 9.17) is 9.47 Å². The first kappa shape index (κ1) is 18.8. The van der Waals surface area contributed by atoms with Gasteiger partial charge in [-0.2, -0.15) is 0 Å². The molecule has 0 spiro atoms. The van der Waals surface area contributed by atoms with Crippen molar-refractivity contribution in [2.45, 2.75) is 31.4 Å². The van der Waals surface area contributed by atoms with E-state index < -0.39 is 5.60 Å². The molecule has 0 unspecified atom stereocenters. The second-order valence-electron chi connectivity index (χ2n) is 8.79. The molecule has 0 radical (unpaired) electrons. The topological polar surface area (TPSA) is 85.1 Å². The molecule has 2 aliphatic carbocycles. The van der Waals surface area contributed by atoms with Crippen molar-refractivity contribution in [3.8, 4) is 5.75 Å². The first-order chi connectivity index (χ1) is 13.9. The lowest BCUT2D eigenvalue weighted by Gasteiger charge is -2.35. The van der Waals surface area contributed by atoms with Crippen LogP contribution < -0.4 is 4.74 Å². The second-order valence-corrected chi connectivity index (χ2v) is 8.79. The molecule has 2 heterocycles. The summed E-state index contributed by atoms with van der Waals surface area (Å²) in [6, 6.07) is 4.49. The predicted octanol–water partition coefficient (Wildman–Crippen LogP) is 3.21. The molecular formula is C22H26N2O5. The summed E-state index contributed by atoms with van der Waals surface area (Å²) < 4.78 is 11.7. The van der Waals surface area contributed by atoms with Gasteiger partial charge < -0.3 is 14.6 Å². The van der Waals surface area contributed by atoms with Crippen LogP contribution in [0.4, 0.5) is 5.69 Å². The number of nitro groups is 1. The van der Waals surface area contributed by atoms with Crippen LogP contribution in [0.5, 0.6) is 5.75 Å². The Labute approximate surface area is 169 Å². The van der Waals surface area contributed by atoms with Crippen molar-refractivity contribution >= 4 is 5.69 Å². The molecule has 154 valence electrons. The zero-order valence-corrected chi connectivity index (χ0v) is 16.5. The van der Waals surface area contributed by atoms with Crippen molar-refractivity contribution in [3.05, 3.63) is 57.9 Å². The van der Waals surface area contributed by atoms with Gasteiger partial charge in [0.25, 0.3) is 5.69 Å². The van der Waals surface area contributed by atoms with Gasteiger partial charge in [0.1, 0.15) is 11.5 Å². The van der Waals surface area contributed by atoms with E-state index in [1.54, 1.807) is 12.1 Å². The Morgan fingerprint density at radius 3 is 2.72 bits per heavy atom. The monoisotopic (exact) mass is 398 g/mol. The number of aliphatic hydroxyl groups is 1. The molecule has 2 bridgehead atoms. The number of hydrogen-bond donors (Lipinski definition) is 1. The maximum atomic E-state index is 11.4.